The molecule has 0 aliphatic heterocycles. The van der Waals surface area contributed by atoms with E-state index in [1.807, 2.05) is 0 Å². The van der Waals surface area contributed by atoms with Crippen LogP contribution in [0, 0.1) is 17.7 Å². The van der Waals surface area contributed by atoms with E-state index in [1.54, 1.807) is 12.1 Å². The Morgan fingerprint density at radius 2 is 1.19 bits per heavy atom. The topological polar surface area (TPSA) is 12.5 Å². The van der Waals surface area contributed by atoms with Gasteiger partial charge in [0.15, 0.2) is 0 Å². The fourth-order valence-electron chi connectivity index (χ4n) is 4.56. The zero-order valence-electron chi connectivity index (χ0n) is 18.1. The summed E-state index contributed by atoms with van der Waals surface area (Å²) in [6.07, 6.45) is 4.90. The molecule has 1 saturated carbocycles. The second-order valence-electron chi connectivity index (χ2n) is 8.79. The fraction of sp³-hybridized carbons (Fsp3) is 0.357. The van der Waals surface area contributed by atoms with Crippen LogP contribution in [0.3, 0.4) is 0 Å². The van der Waals surface area contributed by atoms with Crippen LogP contribution < -0.4 is 4.74 Å². The van der Waals surface area contributed by atoms with Crippen molar-refractivity contribution in [2.75, 3.05) is 13.2 Å². The molecule has 1 aliphatic rings. The zero-order valence-corrected chi connectivity index (χ0v) is 18.1. The van der Waals surface area contributed by atoms with Crippen molar-refractivity contribution < 1.29 is 9.13 Å². The van der Waals surface area contributed by atoms with Crippen molar-refractivity contribution in [1.82, 2.24) is 4.90 Å². The summed E-state index contributed by atoms with van der Waals surface area (Å²) in [4.78, 5) is 2.60. The quantitative estimate of drug-likeness (QED) is 0.383. The van der Waals surface area contributed by atoms with Crippen molar-refractivity contribution in [3.05, 3.63) is 102 Å². The zero-order chi connectivity index (χ0) is 21.3. The van der Waals surface area contributed by atoms with Crippen LogP contribution in [0.5, 0.6) is 5.75 Å². The molecular weight excluding hydrogens is 385 g/mol. The second-order valence-corrected chi connectivity index (χ2v) is 8.79. The summed E-state index contributed by atoms with van der Waals surface area (Å²) in [5.41, 5.74) is 2.75. The Morgan fingerprint density at radius 3 is 1.74 bits per heavy atom. The lowest BCUT2D eigenvalue weighted by molar-refractivity contribution is 0.142. The van der Waals surface area contributed by atoms with Crippen molar-refractivity contribution in [1.29, 1.82) is 0 Å². The van der Waals surface area contributed by atoms with Crippen LogP contribution in [-0.4, -0.2) is 18.1 Å². The molecule has 0 unspecified atom stereocenters. The summed E-state index contributed by atoms with van der Waals surface area (Å²) in [7, 11) is 0. The highest BCUT2D eigenvalue weighted by Crippen LogP contribution is 2.30. The average Bonchev–Trinajstić information content (AvgIpc) is 2.81. The molecule has 0 atom stereocenters. The van der Waals surface area contributed by atoms with Crippen LogP contribution >= 0.6 is 0 Å². The molecule has 162 valence electrons. The normalized spacial score (nSPS) is 18.8. The Hall–Kier alpha value is -2.65. The third kappa shape index (κ3) is 6.93. The molecule has 3 aromatic carbocycles. The predicted octanol–water partition coefficient (Wildman–Crippen LogP) is 6.71. The predicted molar refractivity (Wildman–Crippen MR) is 124 cm³/mol. The van der Waals surface area contributed by atoms with E-state index >= 15 is 0 Å². The van der Waals surface area contributed by atoms with E-state index in [9.17, 15) is 4.39 Å². The highest BCUT2D eigenvalue weighted by atomic mass is 19.1. The van der Waals surface area contributed by atoms with Crippen molar-refractivity contribution in [3.63, 3.8) is 0 Å². The minimum Gasteiger partial charge on any atom is -0.493 e. The molecule has 0 heterocycles. The van der Waals surface area contributed by atoms with Gasteiger partial charge in [0.25, 0.3) is 0 Å². The Kier molecular flexibility index (Phi) is 7.73. The maximum Gasteiger partial charge on any atom is 0.123 e. The van der Waals surface area contributed by atoms with E-state index in [-0.39, 0.29) is 5.82 Å². The van der Waals surface area contributed by atoms with E-state index < -0.39 is 0 Å². The molecule has 0 aromatic heterocycles. The number of hydrogen-bond donors (Lipinski definition) is 0. The highest BCUT2D eigenvalue weighted by molar-refractivity contribution is 5.22. The molecule has 1 aliphatic carbocycles. The highest BCUT2D eigenvalue weighted by Gasteiger charge is 2.23. The molecule has 31 heavy (non-hydrogen) atoms. The monoisotopic (exact) mass is 417 g/mol. The number of benzene rings is 3. The van der Waals surface area contributed by atoms with E-state index in [0.29, 0.717) is 5.92 Å². The second kappa shape index (κ2) is 11.1. The van der Waals surface area contributed by atoms with Crippen molar-refractivity contribution in [2.24, 2.45) is 11.8 Å². The lowest BCUT2D eigenvalue weighted by Crippen LogP contribution is -2.31. The number of halogens is 1. The SMILES string of the molecule is Fc1ccc(OC[C@H]2CC[C@@H](CN(Cc3ccccc3)Cc3ccccc3)CC2)cc1. The summed E-state index contributed by atoms with van der Waals surface area (Å²) in [6.45, 7) is 3.85. The van der Waals surface area contributed by atoms with E-state index in [0.717, 1.165) is 37.9 Å². The smallest absolute Gasteiger partial charge is 0.123 e. The Morgan fingerprint density at radius 1 is 0.677 bits per heavy atom. The van der Waals surface area contributed by atoms with Crippen LogP contribution in [0.15, 0.2) is 84.9 Å². The third-order valence-corrected chi connectivity index (χ3v) is 6.28. The van der Waals surface area contributed by atoms with Crippen LogP contribution in [-0.2, 0) is 13.1 Å². The Labute approximate surface area is 185 Å². The lowest BCUT2D eigenvalue weighted by atomic mass is 9.82. The summed E-state index contributed by atoms with van der Waals surface area (Å²) in [5, 5.41) is 0. The average molecular weight is 418 g/mol. The molecule has 1 fully saturated rings. The van der Waals surface area contributed by atoms with Gasteiger partial charge in [-0.15, -0.1) is 0 Å². The fourth-order valence-corrected chi connectivity index (χ4v) is 4.56. The molecule has 0 N–H and O–H groups in total. The van der Waals surface area contributed by atoms with Crippen LogP contribution in [0.4, 0.5) is 4.39 Å². The molecule has 0 spiro atoms. The molecule has 0 saturated heterocycles. The van der Waals surface area contributed by atoms with E-state index in [2.05, 4.69) is 65.6 Å². The Balaban J connectivity index is 1.28. The first kappa shape index (κ1) is 21.6. The van der Waals surface area contributed by atoms with Gasteiger partial charge in [0, 0.05) is 19.6 Å². The lowest BCUT2D eigenvalue weighted by Gasteiger charge is -2.33. The maximum atomic E-state index is 13.0. The molecule has 2 nitrogen and oxygen atoms in total. The maximum absolute atomic E-state index is 13.0. The van der Waals surface area contributed by atoms with Crippen LogP contribution in [0.1, 0.15) is 36.8 Å². The first-order valence-electron chi connectivity index (χ1n) is 11.4. The Bertz CT molecular complexity index is 848. The van der Waals surface area contributed by atoms with Gasteiger partial charge in [-0.05, 0) is 72.9 Å². The van der Waals surface area contributed by atoms with Gasteiger partial charge in [0.05, 0.1) is 6.61 Å². The van der Waals surface area contributed by atoms with Crippen LogP contribution in [0.25, 0.3) is 0 Å². The molecule has 4 rings (SSSR count). The first-order chi connectivity index (χ1) is 15.2. The third-order valence-electron chi connectivity index (χ3n) is 6.28. The minimum atomic E-state index is -0.219. The summed E-state index contributed by atoms with van der Waals surface area (Å²) in [5.74, 6) is 1.87. The molecule has 3 aromatic rings. The largest absolute Gasteiger partial charge is 0.493 e. The minimum absolute atomic E-state index is 0.219. The van der Waals surface area contributed by atoms with Gasteiger partial charge in [0.1, 0.15) is 11.6 Å². The van der Waals surface area contributed by atoms with Crippen molar-refractivity contribution in [3.8, 4) is 5.75 Å². The summed E-state index contributed by atoms with van der Waals surface area (Å²) < 4.78 is 18.9. The van der Waals surface area contributed by atoms with E-state index in [1.165, 1.54) is 48.9 Å². The van der Waals surface area contributed by atoms with E-state index in [4.69, 9.17) is 4.74 Å². The molecule has 0 amide bonds. The molecule has 0 bridgehead atoms. The van der Waals surface area contributed by atoms with Gasteiger partial charge in [-0.2, -0.15) is 0 Å². The standard InChI is InChI=1S/C28H32FNO/c29-27-15-17-28(18-16-27)31-22-26-13-11-25(12-14-26)21-30(19-23-7-3-1-4-8-23)20-24-9-5-2-6-10-24/h1-10,15-18,25-26H,11-14,19-22H2/t25-,26+. The van der Waals surface area contributed by atoms with Crippen molar-refractivity contribution in [2.45, 2.75) is 38.8 Å². The van der Waals surface area contributed by atoms with Gasteiger partial charge in [-0.1, -0.05) is 60.7 Å². The number of ether oxygens (including phenoxy) is 1. The van der Waals surface area contributed by atoms with Gasteiger partial charge >= 0.3 is 0 Å². The summed E-state index contributed by atoms with van der Waals surface area (Å²) >= 11 is 0. The number of hydrogen-bond acceptors (Lipinski definition) is 2. The van der Waals surface area contributed by atoms with Gasteiger partial charge in [-0.25, -0.2) is 4.39 Å². The molecule has 3 heteroatoms. The van der Waals surface area contributed by atoms with Gasteiger partial charge in [0.2, 0.25) is 0 Å². The van der Waals surface area contributed by atoms with Crippen molar-refractivity contribution >= 4 is 0 Å². The van der Waals surface area contributed by atoms with Gasteiger partial charge < -0.3 is 4.74 Å². The number of nitrogens with zero attached hydrogens (tertiary/aromatic N) is 1. The molecule has 0 radical (unpaired) electrons. The van der Waals surface area contributed by atoms with Crippen LogP contribution in [0.2, 0.25) is 0 Å². The number of rotatable bonds is 9. The first-order valence-corrected chi connectivity index (χ1v) is 11.4. The molecular formula is C28H32FNO. The van der Waals surface area contributed by atoms with Gasteiger partial charge in [-0.3, -0.25) is 4.90 Å². The summed E-state index contributed by atoms with van der Waals surface area (Å²) in [6, 6.07) is 27.9.